The lowest BCUT2D eigenvalue weighted by atomic mass is 9.98. The molecule has 0 aliphatic carbocycles. The Labute approximate surface area is 286 Å². The number of aromatic hydroxyl groups is 1. The summed E-state index contributed by atoms with van der Waals surface area (Å²) in [6.07, 6.45) is 6.22. The number of benzene rings is 3. The number of hydrogen-bond donors (Lipinski definition) is 3. The molecule has 2 unspecified atom stereocenters. The van der Waals surface area contributed by atoms with E-state index in [1.165, 1.54) is 0 Å². The molecule has 2 atom stereocenters. The molecule has 3 aromatic carbocycles. The van der Waals surface area contributed by atoms with Crippen LogP contribution in [0.15, 0.2) is 72.8 Å². The van der Waals surface area contributed by atoms with Crippen molar-refractivity contribution in [3.63, 3.8) is 0 Å². The normalized spacial score (nSPS) is 12.5. The Kier molecular flexibility index (Phi) is 14.8. The zero-order valence-electron chi connectivity index (χ0n) is 29.4. The molecule has 3 rings (SSSR count). The molecule has 3 aromatic rings. The molecule has 0 radical (unpaired) electrons. The first-order valence-electron chi connectivity index (χ1n) is 17.1. The Morgan fingerprint density at radius 2 is 1.42 bits per heavy atom. The fourth-order valence-electron chi connectivity index (χ4n) is 5.44. The van der Waals surface area contributed by atoms with Crippen molar-refractivity contribution in [2.75, 3.05) is 19.0 Å². The maximum absolute atomic E-state index is 14.8. The van der Waals surface area contributed by atoms with Gasteiger partial charge in [0.05, 0.1) is 7.11 Å². The number of phenols is 1. The zero-order valence-corrected chi connectivity index (χ0v) is 29.4. The molecule has 3 N–H and O–H groups in total. The largest absolute Gasteiger partial charge is 0.508 e. The number of rotatable bonds is 17. The number of anilines is 1. The smallest absolute Gasteiger partial charge is 0.408 e. The minimum Gasteiger partial charge on any atom is -0.508 e. The Morgan fingerprint density at radius 1 is 0.812 bits per heavy atom. The average molecular weight is 660 g/mol. The van der Waals surface area contributed by atoms with Gasteiger partial charge in [-0.05, 0) is 86.7 Å². The molecular formula is C39H53N3O6. The van der Waals surface area contributed by atoms with Crippen LogP contribution in [0, 0.1) is 0 Å². The van der Waals surface area contributed by atoms with Crippen molar-refractivity contribution in [1.29, 1.82) is 0 Å². The molecule has 9 heteroatoms. The molecular weight excluding hydrogens is 606 g/mol. The molecule has 0 bridgehead atoms. The first-order chi connectivity index (χ1) is 22.9. The van der Waals surface area contributed by atoms with E-state index >= 15 is 0 Å². The monoisotopic (exact) mass is 659 g/mol. The van der Waals surface area contributed by atoms with E-state index in [1.54, 1.807) is 81.3 Å². The number of ether oxygens (including phenoxy) is 2. The Balaban J connectivity index is 2.06. The first-order valence-corrected chi connectivity index (χ1v) is 17.1. The van der Waals surface area contributed by atoms with E-state index in [0.29, 0.717) is 30.0 Å². The number of carbonyl (C=O) groups is 3. The molecule has 0 aliphatic heterocycles. The van der Waals surface area contributed by atoms with Crippen LogP contribution in [0.2, 0.25) is 0 Å². The highest BCUT2D eigenvalue weighted by Gasteiger charge is 2.36. The summed E-state index contributed by atoms with van der Waals surface area (Å²) in [5.74, 6) is -0.0246. The molecule has 0 fully saturated rings. The first kappa shape index (κ1) is 37.9. The van der Waals surface area contributed by atoms with Crippen LogP contribution in [-0.4, -0.2) is 53.2 Å². The molecule has 0 saturated heterocycles. The third-order valence-electron chi connectivity index (χ3n) is 8.02. The second-order valence-electron chi connectivity index (χ2n) is 13.1. The fraction of sp³-hybridized carbons (Fsp3) is 0.462. The lowest BCUT2D eigenvalue weighted by molar-refractivity contribution is -0.140. The van der Waals surface area contributed by atoms with Crippen LogP contribution in [-0.2, 0) is 27.2 Å². The molecule has 0 spiro atoms. The second-order valence-corrected chi connectivity index (χ2v) is 13.1. The molecule has 0 aliphatic rings. The van der Waals surface area contributed by atoms with Gasteiger partial charge >= 0.3 is 6.09 Å². The third kappa shape index (κ3) is 12.2. The predicted octanol–water partition coefficient (Wildman–Crippen LogP) is 7.97. The van der Waals surface area contributed by atoms with Gasteiger partial charge in [-0.15, -0.1) is 0 Å². The molecule has 3 amide bonds. The van der Waals surface area contributed by atoms with Gasteiger partial charge in [0, 0.05) is 18.7 Å². The fourth-order valence-corrected chi connectivity index (χ4v) is 5.44. The summed E-state index contributed by atoms with van der Waals surface area (Å²) >= 11 is 0. The van der Waals surface area contributed by atoms with Crippen LogP contribution < -0.4 is 15.4 Å². The van der Waals surface area contributed by atoms with Crippen LogP contribution in [0.4, 0.5) is 10.5 Å². The number of hydrogen-bond acceptors (Lipinski definition) is 6. The van der Waals surface area contributed by atoms with Gasteiger partial charge in [-0.25, -0.2) is 4.79 Å². The maximum Gasteiger partial charge on any atom is 0.408 e. The zero-order chi connectivity index (χ0) is 35.1. The summed E-state index contributed by atoms with van der Waals surface area (Å²) < 4.78 is 10.8. The number of aryl methyl sites for hydroxylation is 1. The van der Waals surface area contributed by atoms with Crippen molar-refractivity contribution < 1.29 is 29.0 Å². The number of carbonyl (C=O) groups excluding carboxylic acids is 3. The number of amides is 3. The number of nitrogens with zero attached hydrogens (tertiary/aromatic N) is 1. The van der Waals surface area contributed by atoms with E-state index in [1.807, 2.05) is 24.3 Å². The predicted molar refractivity (Wildman–Crippen MR) is 190 cm³/mol. The lowest BCUT2D eigenvalue weighted by Gasteiger charge is -2.35. The summed E-state index contributed by atoms with van der Waals surface area (Å²) in [5.41, 5.74) is 2.29. The molecule has 0 saturated carbocycles. The topological polar surface area (TPSA) is 117 Å². The van der Waals surface area contributed by atoms with Gasteiger partial charge in [-0.2, -0.15) is 0 Å². The molecule has 9 nitrogen and oxygen atoms in total. The van der Waals surface area contributed by atoms with Crippen molar-refractivity contribution in [2.45, 2.75) is 104 Å². The van der Waals surface area contributed by atoms with E-state index < -0.39 is 29.7 Å². The van der Waals surface area contributed by atoms with Gasteiger partial charge in [0.15, 0.2) is 0 Å². The van der Waals surface area contributed by atoms with Gasteiger partial charge in [-0.1, -0.05) is 82.3 Å². The minimum atomic E-state index is -1.05. The summed E-state index contributed by atoms with van der Waals surface area (Å²) in [6, 6.07) is 19.3. The second kappa shape index (κ2) is 18.7. The number of phenolic OH excluding ortho intramolecular Hbond substituents is 1. The third-order valence-corrected chi connectivity index (χ3v) is 8.02. The minimum absolute atomic E-state index is 0.0946. The summed E-state index contributed by atoms with van der Waals surface area (Å²) in [4.78, 5) is 43.8. The van der Waals surface area contributed by atoms with Crippen LogP contribution >= 0.6 is 0 Å². The Hall–Kier alpha value is -4.53. The SMILES string of the molecule is CCCCCCCCN(C(=O)C(Cc1ccc(O)cc1)NC(=O)OC(C)(C)C)C(C(=O)Nc1ccc(OC)cc1)c1ccc(CC)cc1. The van der Waals surface area contributed by atoms with E-state index in [2.05, 4.69) is 24.5 Å². The lowest BCUT2D eigenvalue weighted by Crippen LogP contribution is -2.53. The number of unbranched alkanes of at least 4 members (excludes halogenated alkanes) is 5. The van der Waals surface area contributed by atoms with Gasteiger partial charge in [0.2, 0.25) is 5.91 Å². The average Bonchev–Trinajstić information content (AvgIpc) is 3.05. The van der Waals surface area contributed by atoms with Crippen molar-refractivity contribution in [3.8, 4) is 11.5 Å². The Bertz CT molecular complexity index is 1430. The molecule has 0 heterocycles. The molecule has 0 aromatic heterocycles. The van der Waals surface area contributed by atoms with Crippen LogP contribution in [0.3, 0.4) is 0 Å². The van der Waals surface area contributed by atoms with Crippen LogP contribution in [0.5, 0.6) is 11.5 Å². The van der Waals surface area contributed by atoms with Crippen molar-refractivity contribution in [1.82, 2.24) is 10.2 Å². The molecule has 260 valence electrons. The van der Waals surface area contributed by atoms with E-state index in [-0.39, 0.29) is 18.1 Å². The number of methoxy groups -OCH3 is 1. The number of alkyl carbamates (subject to hydrolysis) is 1. The quantitative estimate of drug-likeness (QED) is 0.127. The van der Waals surface area contributed by atoms with Crippen molar-refractivity contribution in [3.05, 3.63) is 89.5 Å². The van der Waals surface area contributed by atoms with Gasteiger partial charge < -0.3 is 30.1 Å². The van der Waals surface area contributed by atoms with Crippen LogP contribution in [0.1, 0.15) is 95.9 Å². The van der Waals surface area contributed by atoms with Gasteiger partial charge in [-0.3, -0.25) is 9.59 Å². The summed E-state index contributed by atoms with van der Waals surface area (Å²) in [5, 5.41) is 15.7. The highest BCUT2D eigenvalue weighted by atomic mass is 16.6. The van der Waals surface area contributed by atoms with E-state index in [4.69, 9.17) is 9.47 Å². The number of nitrogens with one attached hydrogen (secondary N) is 2. The van der Waals surface area contributed by atoms with E-state index in [9.17, 15) is 19.5 Å². The highest BCUT2D eigenvalue weighted by Crippen LogP contribution is 2.27. The summed E-state index contributed by atoms with van der Waals surface area (Å²) in [7, 11) is 1.58. The maximum atomic E-state index is 14.8. The highest BCUT2D eigenvalue weighted by molar-refractivity contribution is 5.99. The van der Waals surface area contributed by atoms with Crippen molar-refractivity contribution in [2.24, 2.45) is 0 Å². The van der Waals surface area contributed by atoms with Crippen LogP contribution in [0.25, 0.3) is 0 Å². The standard InChI is InChI=1S/C39H53N3O6/c1-7-9-10-11-12-13-26-42(37(45)34(41-38(46)48-39(3,4)5)27-29-16-22-32(43)23-17-29)35(30-18-14-28(8-2)15-19-30)36(44)40-31-20-24-33(47-6)25-21-31/h14-25,34-35,43H,7-13,26-27H2,1-6H3,(H,40,44)(H,41,46). The van der Waals surface area contributed by atoms with E-state index in [0.717, 1.165) is 49.7 Å². The molecule has 48 heavy (non-hydrogen) atoms. The Morgan fingerprint density at radius 3 is 2.00 bits per heavy atom. The van der Waals surface area contributed by atoms with Gasteiger partial charge in [0.1, 0.15) is 29.2 Å². The van der Waals surface area contributed by atoms with Gasteiger partial charge in [0.25, 0.3) is 5.91 Å². The van der Waals surface area contributed by atoms with Crippen molar-refractivity contribution >= 4 is 23.6 Å². The summed E-state index contributed by atoms with van der Waals surface area (Å²) in [6.45, 7) is 9.81.